The maximum absolute atomic E-state index is 11.9. The highest BCUT2D eigenvalue weighted by Crippen LogP contribution is 2.21. The summed E-state index contributed by atoms with van der Waals surface area (Å²) in [7, 11) is -3.31. The van der Waals surface area contributed by atoms with Gasteiger partial charge in [0.25, 0.3) is 0 Å². The van der Waals surface area contributed by atoms with Crippen LogP contribution in [0.15, 0.2) is 21.7 Å². The molecular formula is C10H16N2O2S2. The van der Waals surface area contributed by atoms with Crippen LogP contribution in [0.4, 0.5) is 0 Å². The Morgan fingerprint density at radius 1 is 1.31 bits per heavy atom. The van der Waals surface area contributed by atoms with E-state index in [4.69, 9.17) is 5.73 Å². The third kappa shape index (κ3) is 2.82. The first-order chi connectivity index (χ1) is 7.58. The molecule has 2 rings (SSSR count). The van der Waals surface area contributed by atoms with Gasteiger partial charge in [0.05, 0.1) is 0 Å². The summed E-state index contributed by atoms with van der Waals surface area (Å²) in [5.41, 5.74) is 5.78. The Labute approximate surface area is 99.9 Å². The van der Waals surface area contributed by atoms with E-state index < -0.39 is 10.0 Å². The average Bonchev–Trinajstić information content (AvgIpc) is 2.75. The fourth-order valence-electron chi connectivity index (χ4n) is 1.93. The standard InChI is InChI=1S/C10H16N2O2S2/c11-8-3-5-9(6-4-8)12-16(13,14)10-2-1-7-15-10/h1-2,7-9,12H,3-6,11H2. The maximum atomic E-state index is 11.9. The van der Waals surface area contributed by atoms with E-state index >= 15 is 0 Å². The highest BCUT2D eigenvalue weighted by Gasteiger charge is 2.24. The lowest BCUT2D eigenvalue weighted by atomic mass is 9.93. The first-order valence-corrected chi connectivity index (χ1v) is 7.75. The fourth-order valence-corrected chi connectivity index (χ4v) is 4.25. The van der Waals surface area contributed by atoms with Gasteiger partial charge in [-0.05, 0) is 37.1 Å². The van der Waals surface area contributed by atoms with Crippen LogP contribution < -0.4 is 10.5 Å². The first kappa shape index (κ1) is 12.0. The van der Waals surface area contributed by atoms with E-state index in [1.807, 2.05) is 0 Å². The molecule has 16 heavy (non-hydrogen) atoms. The largest absolute Gasteiger partial charge is 0.328 e. The Morgan fingerprint density at radius 3 is 2.56 bits per heavy atom. The van der Waals surface area contributed by atoms with Gasteiger partial charge in [-0.15, -0.1) is 11.3 Å². The van der Waals surface area contributed by atoms with Crippen molar-refractivity contribution in [2.24, 2.45) is 5.73 Å². The molecule has 1 heterocycles. The van der Waals surface area contributed by atoms with Gasteiger partial charge in [0.15, 0.2) is 0 Å². The zero-order chi connectivity index (χ0) is 11.6. The van der Waals surface area contributed by atoms with Gasteiger partial charge < -0.3 is 5.73 Å². The molecule has 4 nitrogen and oxygen atoms in total. The Morgan fingerprint density at radius 2 is 2.00 bits per heavy atom. The van der Waals surface area contributed by atoms with E-state index in [1.165, 1.54) is 11.3 Å². The van der Waals surface area contributed by atoms with E-state index in [1.54, 1.807) is 17.5 Å². The molecule has 3 N–H and O–H groups in total. The topological polar surface area (TPSA) is 72.2 Å². The molecular weight excluding hydrogens is 244 g/mol. The van der Waals surface area contributed by atoms with Crippen LogP contribution in [-0.2, 0) is 10.0 Å². The van der Waals surface area contributed by atoms with Crippen molar-refractivity contribution in [1.82, 2.24) is 4.72 Å². The highest BCUT2D eigenvalue weighted by molar-refractivity contribution is 7.91. The fraction of sp³-hybridized carbons (Fsp3) is 0.600. The van der Waals surface area contributed by atoms with Crippen molar-refractivity contribution in [3.8, 4) is 0 Å². The predicted octanol–water partition coefficient (Wildman–Crippen LogP) is 1.30. The molecule has 0 saturated heterocycles. The molecule has 0 atom stereocenters. The summed E-state index contributed by atoms with van der Waals surface area (Å²) < 4.78 is 27.0. The molecule has 0 unspecified atom stereocenters. The number of hydrogen-bond acceptors (Lipinski definition) is 4. The number of hydrogen-bond donors (Lipinski definition) is 2. The van der Waals surface area contributed by atoms with Crippen LogP contribution >= 0.6 is 11.3 Å². The smallest absolute Gasteiger partial charge is 0.250 e. The summed E-state index contributed by atoms with van der Waals surface area (Å²) in [6, 6.07) is 3.66. The number of nitrogens with one attached hydrogen (secondary N) is 1. The Kier molecular flexibility index (Phi) is 3.63. The second-order valence-corrected chi connectivity index (χ2v) is 7.05. The van der Waals surface area contributed by atoms with Gasteiger partial charge >= 0.3 is 0 Å². The predicted molar refractivity (Wildman–Crippen MR) is 64.9 cm³/mol. The Bertz CT molecular complexity index is 420. The van der Waals surface area contributed by atoms with Crippen LogP contribution in [-0.4, -0.2) is 20.5 Å². The lowest BCUT2D eigenvalue weighted by molar-refractivity contribution is 0.374. The van der Waals surface area contributed by atoms with Crippen molar-refractivity contribution in [3.05, 3.63) is 17.5 Å². The molecule has 0 spiro atoms. The molecule has 0 aromatic carbocycles. The second kappa shape index (κ2) is 4.83. The van der Waals surface area contributed by atoms with E-state index in [0.717, 1.165) is 25.7 Å². The summed E-state index contributed by atoms with van der Waals surface area (Å²) >= 11 is 1.24. The van der Waals surface area contributed by atoms with Crippen LogP contribution in [0.25, 0.3) is 0 Å². The van der Waals surface area contributed by atoms with Crippen molar-refractivity contribution >= 4 is 21.4 Å². The van der Waals surface area contributed by atoms with Crippen LogP contribution in [0.2, 0.25) is 0 Å². The molecule has 0 radical (unpaired) electrons. The zero-order valence-corrected chi connectivity index (χ0v) is 10.6. The van der Waals surface area contributed by atoms with Crippen molar-refractivity contribution in [1.29, 1.82) is 0 Å². The van der Waals surface area contributed by atoms with Gasteiger partial charge in [-0.25, -0.2) is 13.1 Å². The minimum absolute atomic E-state index is 0.0481. The van der Waals surface area contributed by atoms with Crippen LogP contribution in [0.3, 0.4) is 0 Å². The highest BCUT2D eigenvalue weighted by atomic mass is 32.2. The number of sulfonamides is 1. The van der Waals surface area contributed by atoms with Crippen LogP contribution in [0.1, 0.15) is 25.7 Å². The molecule has 1 fully saturated rings. The van der Waals surface area contributed by atoms with Gasteiger partial charge in [0.2, 0.25) is 10.0 Å². The van der Waals surface area contributed by atoms with Gasteiger partial charge in [-0.1, -0.05) is 6.07 Å². The van der Waals surface area contributed by atoms with Gasteiger partial charge in [-0.2, -0.15) is 0 Å². The monoisotopic (exact) mass is 260 g/mol. The number of thiophene rings is 1. The summed E-state index contributed by atoms with van der Waals surface area (Å²) in [5, 5.41) is 1.77. The molecule has 6 heteroatoms. The van der Waals surface area contributed by atoms with Crippen LogP contribution in [0, 0.1) is 0 Å². The van der Waals surface area contributed by atoms with E-state index in [2.05, 4.69) is 4.72 Å². The second-order valence-electron chi connectivity index (χ2n) is 4.17. The molecule has 1 aliphatic rings. The maximum Gasteiger partial charge on any atom is 0.250 e. The van der Waals surface area contributed by atoms with Crippen molar-refractivity contribution in [2.45, 2.75) is 42.0 Å². The molecule has 0 bridgehead atoms. The number of rotatable bonds is 3. The molecule has 0 amide bonds. The molecule has 1 saturated carbocycles. The molecule has 90 valence electrons. The normalized spacial score (nSPS) is 26.8. The minimum Gasteiger partial charge on any atom is -0.328 e. The molecule has 1 aliphatic carbocycles. The van der Waals surface area contributed by atoms with Gasteiger partial charge in [0, 0.05) is 12.1 Å². The first-order valence-electron chi connectivity index (χ1n) is 5.39. The lowest BCUT2D eigenvalue weighted by Gasteiger charge is -2.26. The van der Waals surface area contributed by atoms with E-state index in [0.29, 0.717) is 4.21 Å². The minimum atomic E-state index is -3.31. The van der Waals surface area contributed by atoms with Gasteiger partial charge in [0.1, 0.15) is 4.21 Å². The quantitative estimate of drug-likeness (QED) is 0.860. The summed E-state index contributed by atoms with van der Waals surface area (Å²) in [4.78, 5) is 0. The Balaban J connectivity index is 2.00. The molecule has 0 aliphatic heterocycles. The van der Waals surface area contributed by atoms with Crippen LogP contribution in [0.5, 0.6) is 0 Å². The molecule has 1 aromatic rings. The number of nitrogens with two attached hydrogens (primary N) is 1. The summed E-state index contributed by atoms with van der Waals surface area (Å²) in [6.45, 7) is 0. The van der Waals surface area contributed by atoms with E-state index in [9.17, 15) is 8.42 Å². The van der Waals surface area contributed by atoms with Crippen molar-refractivity contribution in [2.75, 3.05) is 0 Å². The van der Waals surface area contributed by atoms with E-state index in [-0.39, 0.29) is 12.1 Å². The third-order valence-electron chi connectivity index (χ3n) is 2.85. The molecule has 1 aromatic heterocycles. The zero-order valence-electron chi connectivity index (χ0n) is 8.93. The lowest BCUT2D eigenvalue weighted by Crippen LogP contribution is -2.40. The third-order valence-corrected chi connectivity index (χ3v) is 5.77. The summed E-state index contributed by atoms with van der Waals surface area (Å²) in [5.74, 6) is 0. The van der Waals surface area contributed by atoms with Gasteiger partial charge in [-0.3, -0.25) is 0 Å². The summed E-state index contributed by atoms with van der Waals surface area (Å²) in [6.07, 6.45) is 3.48. The SMILES string of the molecule is NC1CCC(NS(=O)(=O)c2cccs2)CC1. The average molecular weight is 260 g/mol. The van der Waals surface area contributed by atoms with Crippen molar-refractivity contribution < 1.29 is 8.42 Å². The van der Waals surface area contributed by atoms with Crippen molar-refractivity contribution in [3.63, 3.8) is 0 Å². The Hall–Kier alpha value is -0.430.